The highest BCUT2D eigenvalue weighted by Gasteiger charge is 1.85. The van der Waals surface area contributed by atoms with Crippen molar-refractivity contribution in [1.82, 2.24) is 0 Å². The number of nitrogens with two attached hydrogens (primary N) is 2. The van der Waals surface area contributed by atoms with Crippen LogP contribution in [0.25, 0.3) is 0 Å². The second kappa shape index (κ2) is 12.2. The first-order valence-corrected chi connectivity index (χ1v) is 4.69. The smallest absolute Gasteiger partial charge is 0.511 e. The van der Waals surface area contributed by atoms with E-state index >= 15 is 0 Å². The molecule has 0 heterocycles. The minimum Gasteiger partial charge on any atom is -0.511 e. The first-order valence-electron chi connectivity index (χ1n) is 2.08. The average molecular weight is 216 g/mol. The number of amides is 2. The van der Waals surface area contributed by atoms with Crippen LogP contribution in [0.1, 0.15) is 0 Å². The van der Waals surface area contributed by atoms with E-state index in [0.29, 0.717) is 0 Å². The summed E-state index contributed by atoms with van der Waals surface area (Å²) >= 11 is 0. The van der Waals surface area contributed by atoms with Gasteiger partial charge in [0.05, 0.1) is 0 Å². The molecular weight excluding hydrogens is 208 g/mol. The molecule has 12 heavy (non-hydrogen) atoms. The van der Waals surface area contributed by atoms with E-state index in [2.05, 4.69) is 11.5 Å². The maximum Gasteiger partial charge on any atom is 0.761 e. The molecule has 0 radical (unpaired) electrons. The number of primary amides is 2. The highest BCUT2D eigenvalue weighted by atomic mass is 28.3. The second-order valence-electron chi connectivity index (χ2n) is 0.968. The summed E-state index contributed by atoms with van der Waals surface area (Å²) in [6.07, 6.45) is 0. The number of carbonyl (C=O) groups is 1. The van der Waals surface area contributed by atoms with E-state index in [9.17, 15) is 0 Å². The molecule has 0 bridgehead atoms. The molecule has 0 unspecified atom stereocenters. The summed E-state index contributed by atoms with van der Waals surface area (Å²) in [5, 5.41) is 0. The number of rotatable bonds is 0. The van der Waals surface area contributed by atoms with Crippen molar-refractivity contribution in [2.75, 3.05) is 0 Å². The molecule has 0 atom stereocenters. The number of hydrogen-bond donors (Lipinski definition) is 6. The lowest BCUT2D eigenvalue weighted by Crippen LogP contribution is -2.18. The van der Waals surface area contributed by atoms with Crippen molar-refractivity contribution >= 4 is 24.4 Å². The van der Waals surface area contributed by atoms with E-state index in [1.807, 2.05) is 0 Å². The largest absolute Gasteiger partial charge is 0.761 e. The Balaban J connectivity index is -0.000000101. The predicted octanol–water partition coefficient (Wildman–Crippen LogP) is -4.20. The Hall–Kier alpha value is -1.50. The summed E-state index contributed by atoms with van der Waals surface area (Å²) in [4.78, 5) is 37.6. The Morgan fingerprint density at radius 3 is 0.917 bits per heavy atom. The van der Waals surface area contributed by atoms with E-state index in [1.165, 1.54) is 0 Å². The molecule has 0 aliphatic carbocycles. The Bertz CT molecular complexity index is 117. The van der Waals surface area contributed by atoms with Crippen LogP contribution in [0.4, 0.5) is 4.79 Å². The van der Waals surface area contributed by atoms with Crippen molar-refractivity contribution in [2.24, 2.45) is 11.5 Å². The van der Waals surface area contributed by atoms with Crippen LogP contribution in [0, 0.1) is 0 Å². The molecule has 72 valence electrons. The van der Waals surface area contributed by atoms with E-state index in [1.54, 1.807) is 0 Å². The fraction of sp³-hybridized carbons (Fsp3) is 0. The summed E-state index contributed by atoms with van der Waals surface area (Å²) < 4.78 is 17.5. The molecule has 0 aromatic rings. The molecule has 0 saturated heterocycles. The zero-order chi connectivity index (χ0) is 10.7. The summed E-state index contributed by atoms with van der Waals surface area (Å²) in [5.74, 6) is 0. The quantitative estimate of drug-likeness (QED) is 0.221. The van der Waals surface area contributed by atoms with Gasteiger partial charge in [-0.05, 0) is 0 Å². The summed E-state index contributed by atoms with van der Waals surface area (Å²) in [7, 11) is -6.26. The van der Waals surface area contributed by atoms with Crippen LogP contribution in [0.2, 0.25) is 0 Å². The second-order valence-corrected chi connectivity index (χ2v) is 2.10. The third kappa shape index (κ3) is 214. The van der Waals surface area contributed by atoms with Crippen LogP contribution >= 0.6 is 0 Å². The van der Waals surface area contributed by atoms with Crippen molar-refractivity contribution in [3.8, 4) is 0 Å². The van der Waals surface area contributed by atoms with Crippen molar-refractivity contribution in [3.05, 3.63) is 0 Å². The van der Waals surface area contributed by atoms with Crippen LogP contribution < -0.4 is 11.5 Å². The molecule has 11 heteroatoms. The van der Waals surface area contributed by atoms with Crippen LogP contribution in [0.15, 0.2) is 0 Å². The minimum absolute atomic E-state index is 0.833. The molecule has 9 nitrogen and oxygen atoms in total. The van der Waals surface area contributed by atoms with Crippen molar-refractivity contribution in [3.63, 3.8) is 0 Å². The van der Waals surface area contributed by atoms with Gasteiger partial charge in [0, 0.05) is 0 Å². The zero-order valence-electron chi connectivity index (χ0n) is 5.67. The Morgan fingerprint density at radius 1 is 0.917 bits per heavy atom. The maximum absolute atomic E-state index is 9.00. The van der Waals surface area contributed by atoms with Gasteiger partial charge in [-0.15, -0.1) is 0 Å². The molecule has 0 aromatic heterocycles. The van der Waals surface area contributed by atoms with Crippen LogP contribution in [0.5, 0.6) is 0 Å². The van der Waals surface area contributed by atoms with E-state index < -0.39 is 24.4 Å². The van der Waals surface area contributed by atoms with Gasteiger partial charge in [-0.3, -0.25) is 8.92 Å². The standard InChI is InChI=1S/CH4N2O.2H2O3Si/c2-1(3)4;2*1-4(2)3/h(H4,2,3,4);2*1-2H. The van der Waals surface area contributed by atoms with Gasteiger partial charge < -0.3 is 30.7 Å². The van der Waals surface area contributed by atoms with Crippen LogP contribution in [0.3, 0.4) is 0 Å². The van der Waals surface area contributed by atoms with Crippen molar-refractivity contribution < 1.29 is 32.9 Å². The Kier molecular flexibility index (Phi) is 17.1. The maximum atomic E-state index is 9.00. The summed E-state index contributed by atoms with van der Waals surface area (Å²) in [5.41, 5.74) is 8.50. The summed E-state index contributed by atoms with van der Waals surface area (Å²) in [6.45, 7) is 0. The van der Waals surface area contributed by atoms with Gasteiger partial charge in [0.25, 0.3) is 0 Å². The number of carbonyl (C=O) groups excluding carboxylic acids is 1. The molecule has 0 aliphatic rings. The number of hydrogen-bond acceptors (Lipinski definition) is 3. The topological polar surface area (TPSA) is 184 Å². The zero-order valence-corrected chi connectivity index (χ0v) is 7.67. The van der Waals surface area contributed by atoms with Gasteiger partial charge in [0.2, 0.25) is 0 Å². The van der Waals surface area contributed by atoms with Crippen LogP contribution in [-0.2, 0) is 8.92 Å². The predicted molar refractivity (Wildman–Crippen MR) is 35.5 cm³/mol. The summed E-state index contributed by atoms with van der Waals surface area (Å²) in [6, 6.07) is -0.833. The first kappa shape index (κ1) is 16.8. The minimum atomic E-state index is -3.13. The van der Waals surface area contributed by atoms with Gasteiger partial charge >= 0.3 is 24.4 Å². The molecule has 0 spiro atoms. The van der Waals surface area contributed by atoms with Crippen LogP contribution in [-0.4, -0.2) is 43.6 Å². The van der Waals surface area contributed by atoms with Crippen molar-refractivity contribution in [2.45, 2.75) is 0 Å². The molecule has 0 saturated carbocycles. The number of urea groups is 1. The molecule has 0 aromatic carbocycles. The van der Waals surface area contributed by atoms with Gasteiger partial charge in [-0.1, -0.05) is 0 Å². The third-order valence-electron chi connectivity index (χ3n) is 0. The molecule has 0 aliphatic heterocycles. The normalized spacial score (nSPS) is 6.00. The monoisotopic (exact) mass is 216 g/mol. The highest BCUT2D eigenvalue weighted by molar-refractivity contribution is 6.22. The van der Waals surface area contributed by atoms with E-state index in [0.717, 1.165) is 0 Å². The molecule has 2 amide bonds. The SMILES string of the molecule is NC(N)=O.O=[Si](O)O.O=[Si](O)O. The van der Waals surface area contributed by atoms with Gasteiger partial charge in [0.15, 0.2) is 0 Å². The van der Waals surface area contributed by atoms with E-state index in [-0.39, 0.29) is 0 Å². The van der Waals surface area contributed by atoms with E-state index in [4.69, 9.17) is 32.9 Å². The lowest BCUT2D eigenvalue weighted by atomic mass is 11.2. The Morgan fingerprint density at radius 2 is 0.917 bits per heavy atom. The Labute approximate surface area is 69.7 Å². The van der Waals surface area contributed by atoms with Gasteiger partial charge in [-0.2, -0.15) is 0 Å². The van der Waals surface area contributed by atoms with Gasteiger partial charge in [-0.25, -0.2) is 4.79 Å². The first-order chi connectivity index (χ1) is 5.20. The fourth-order valence-corrected chi connectivity index (χ4v) is 0. The molecule has 8 N–H and O–H groups in total. The fourth-order valence-electron chi connectivity index (χ4n) is 0. The lowest BCUT2D eigenvalue weighted by Gasteiger charge is -1.62. The molecular formula is CH8N2O7Si2. The lowest BCUT2D eigenvalue weighted by molar-refractivity contribution is 0.256. The molecule has 0 rings (SSSR count). The average Bonchev–Trinajstić information content (AvgIpc) is 1.54. The van der Waals surface area contributed by atoms with Gasteiger partial charge in [0.1, 0.15) is 0 Å². The molecule has 0 fully saturated rings. The third-order valence-corrected chi connectivity index (χ3v) is 0. The highest BCUT2D eigenvalue weighted by Crippen LogP contribution is 1.27. The van der Waals surface area contributed by atoms with Crippen molar-refractivity contribution in [1.29, 1.82) is 0 Å².